The van der Waals surface area contributed by atoms with E-state index in [0.29, 0.717) is 16.7 Å². The van der Waals surface area contributed by atoms with Gasteiger partial charge in [-0.25, -0.2) is 9.18 Å². The fraction of sp³-hybridized carbons (Fsp3) is 0.550. The van der Waals surface area contributed by atoms with Gasteiger partial charge in [0.15, 0.2) is 0 Å². The second-order valence-corrected chi connectivity index (χ2v) is 8.94. The summed E-state index contributed by atoms with van der Waals surface area (Å²) in [5.41, 5.74) is 5.09. The van der Waals surface area contributed by atoms with Crippen LogP contribution in [0.4, 0.5) is 14.9 Å². The van der Waals surface area contributed by atoms with Gasteiger partial charge in [0.05, 0.1) is 11.2 Å². The third-order valence-electron chi connectivity index (χ3n) is 4.76. The molecule has 3 N–H and O–H groups in total. The Kier molecular flexibility index (Phi) is 6.16. The second-order valence-electron chi connectivity index (χ2n) is 8.94. The number of benzene rings is 1. The van der Waals surface area contributed by atoms with Crippen molar-refractivity contribution < 1.29 is 23.2 Å². The minimum absolute atomic E-state index is 0.0789. The van der Waals surface area contributed by atoms with E-state index in [-0.39, 0.29) is 6.54 Å². The zero-order valence-corrected chi connectivity index (χ0v) is 17.7. The number of anilines is 1. The highest BCUT2D eigenvalue weighted by Crippen LogP contribution is 2.38. The molecule has 1 aliphatic rings. The summed E-state index contributed by atoms with van der Waals surface area (Å²) < 4.78 is 31.7. The summed E-state index contributed by atoms with van der Waals surface area (Å²) in [5, 5.41) is 2.69. The lowest BCUT2D eigenvalue weighted by atomic mass is 9.77. The van der Waals surface area contributed by atoms with Gasteiger partial charge < -0.3 is 25.1 Å². The van der Waals surface area contributed by atoms with Crippen molar-refractivity contribution >= 4 is 25.0 Å². The maximum atomic E-state index is 14.3. The number of halogens is 1. The van der Waals surface area contributed by atoms with Crippen LogP contribution in [-0.2, 0) is 14.0 Å². The van der Waals surface area contributed by atoms with E-state index in [1.54, 1.807) is 39.0 Å². The van der Waals surface area contributed by atoms with Crippen molar-refractivity contribution in [2.24, 2.45) is 0 Å². The molecule has 0 unspecified atom stereocenters. The highest BCUT2D eigenvalue weighted by atomic mass is 19.1. The summed E-state index contributed by atoms with van der Waals surface area (Å²) in [6.45, 7) is 13.1. The molecule has 2 rings (SSSR count). The standard InChI is InChI=1S/C20H30BFN2O4/c1-18(2,3)26-17(25)24-12-14(10-13-8-9-15(23)11-16(13)22)21-27-19(4,5)20(6,7)28-21/h8-11H,12,23H2,1-7H3,(H,24,25). The molecule has 1 aliphatic heterocycles. The number of hydrogen-bond donors (Lipinski definition) is 2. The number of amides is 1. The lowest BCUT2D eigenvalue weighted by Crippen LogP contribution is -2.41. The summed E-state index contributed by atoms with van der Waals surface area (Å²) in [4.78, 5) is 12.1. The summed E-state index contributed by atoms with van der Waals surface area (Å²) in [6.07, 6.45) is 1.03. The topological polar surface area (TPSA) is 82.8 Å². The molecule has 154 valence electrons. The van der Waals surface area contributed by atoms with Gasteiger partial charge in [-0.05, 0) is 66.1 Å². The van der Waals surface area contributed by atoms with Crippen LogP contribution in [0.5, 0.6) is 0 Å². The van der Waals surface area contributed by atoms with Gasteiger partial charge in [-0.3, -0.25) is 0 Å². The Morgan fingerprint density at radius 2 is 1.82 bits per heavy atom. The van der Waals surface area contributed by atoms with E-state index >= 15 is 0 Å². The molecule has 6 nitrogen and oxygen atoms in total. The van der Waals surface area contributed by atoms with Crippen LogP contribution in [0.15, 0.2) is 23.7 Å². The van der Waals surface area contributed by atoms with Gasteiger partial charge in [-0.1, -0.05) is 12.1 Å². The smallest absolute Gasteiger partial charge is 0.444 e. The molecular formula is C20H30BFN2O4. The minimum atomic E-state index is -0.739. The zero-order chi connectivity index (χ0) is 21.3. The quantitative estimate of drug-likeness (QED) is 0.599. The van der Waals surface area contributed by atoms with Crippen molar-refractivity contribution in [3.63, 3.8) is 0 Å². The van der Waals surface area contributed by atoms with E-state index in [2.05, 4.69) is 5.32 Å². The fourth-order valence-electron chi connectivity index (χ4n) is 2.55. The molecule has 8 heteroatoms. The first-order valence-corrected chi connectivity index (χ1v) is 9.28. The Bertz CT molecular complexity index is 756. The molecule has 1 fully saturated rings. The summed E-state index contributed by atoms with van der Waals surface area (Å²) in [6, 6.07) is 4.43. The van der Waals surface area contributed by atoms with E-state index in [1.165, 1.54) is 6.07 Å². The van der Waals surface area contributed by atoms with Crippen molar-refractivity contribution in [2.75, 3.05) is 12.3 Å². The molecule has 1 amide bonds. The normalized spacial score (nSPS) is 18.9. The highest BCUT2D eigenvalue weighted by Gasteiger charge is 2.52. The maximum absolute atomic E-state index is 14.3. The second kappa shape index (κ2) is 7.76. The third kappa shape index (κ3) is 5.48. The van der Waals surface area contributed by atoms with Crippen LogP contribution in [0.2, 0.25) is 0 Å². The average molecular weight is 392 g/mol. The Morgan fingerprint density at radius 3 is 2.32 bits per heavy atom. The number of carbonyl (C=O) groups excluding carboxylic acids is 1. The Morgan fingerprint density at radius 1 is 1.25 bits per heavy atom. The zero-order valence-electron chi connectivity index (χ0n) is 17.7. The number of ether oxygens (including phenoxy) is 1. The first kappa shape index (κ1) is 22.2. The minimum Gasteiger partial charge on any atom is -0.444 e. The van der Waals surface area contributed by atoms with Crippen LogP contribution in [0.25, 0.3) is 6.08 Å². The molecule has 1 aromatic rings. The summed E-state index contributed by atoms with van der Waals surface area (Å²) in [5.74, 6) is -0.466. The number of alkyl carbamates (subject to hydrolysis) is 1. The number of rotatable bonds is 4. The van der Waals surface area contributed by atoms with Gasteiger partial charge in [0, 0.05) is 17.8 Å². The first-order chi connectivity index (χ1) is 12.7. The average Bonchev–Trinajstić information content (AvgIpc) is 2.71. The number of hydrogen-bond acceptors (Lipinski definition) is 5. The molecule has 0 spiro atoms. The monoisotopic (exact) mass is 392 g/mol. The summed E-state index contributed by atoms with van der Waals surface area (Å²) in [7, 11) is -0.739. The van der Waals surface area contributed by atoms with Crippen LogP contribution in [0, 0.1) is 5.82 Å². The molecule has 0 radical (unpaired) electrons. The lowest BCUT2D eigenvalue weighted by Gasteiger charge is -2.32. The fourth-order valence-corrected chi connectivity index (χ4v) is 2.55. The van der Waals surface area contributed by atoms with E-state index in [0.717, 1.165) is 0 Å². The van der Waals surface area contributed by atoms with Crippen molar-refractivity contribution in [1.29, 1.82) is 0 Å². The molecular weight excluding hydrogens is 362 g/mol. The number of nitrogens with one attached hydrogen (secondary N) is 1. The van der Waals surface area contributed by atoms with Crippen LogP contribution >= 0.6 is 0 Å². The van der Waals surface area contributed by atoms with Gasteiger partial charge in [-0.2, -0.15) is 0 Å². The predicted octanol–water partition coefficient (Wildman–Crippen LogP) is 3.95. The molecule has 0 aromatic heterocycles. The molecule has 0 saturated carbocycles. The van der Waals surface area contributed by atoms with Crippen LogP contribution in [0.1, 0.15) is 54.0 Å². The van der Waals surface area contributed by atoms with E-state index in [4.69, 9.17) is 19.8 Å². The lowest BCUT2D eigenvalue weighted by molar-refractivity contribution is 0.00578. The Labute approximate surface area is 166 Å². The Hall–Kier alpha value is -2.06. The van der Waals surface area contributed by atoms with Gasteiger partial charge in [-0.15, -0.1) is 0 Å². The van der Waals surface area contributed by atoms with Crippen LogP contribution in [-0.4, -0.2) is 36.6 Å². The maximum Gasteiger partial charge on any atom is 0.492 e. The predicted molar refractivity (Wildman–Crippen MR) is 109 cm³/mol. The molecule has 1 heterocycles. The van der Waals surface area contributed by atoms with Gasteiger partial charge in [0.2, 0.25) is 0 Å². The van der Waals surface area contributed by atoms with Gasteiger partial charge in [0.25, 0.3) is 0 Å². The first-order valence-electron chi connectivity index (χ1n) is 9.28. The number of nitrogen functional groups attached to an aromatic ring is 1. The third-order valence-corrected chi connectivity index (χ3v) is 4.76. The highest BCUT2D eigenvalue weighted by molar-refractivity contribution is 6.56. The van der Waals surface area contributed by atoms with Crippen LogP contribution < -0.4 is 11.1 Å². The molecule has 0 atom stereocenters. The van der Waals surface area contributed by atoms with Gasteiger partial charge >= 0.3 is 13.2 Å². The van der Waals surface area contributed by atoms with E-state index in [1.807, 2.05) is 27.7 Å². The van der Waals surface area contributed by atoms with Crippen molar-refractivity contribution in [2.45, 2.75) is 65.3 Å². The van der Waals surface area contributed by atoms with Crippen molar-refractivity contribution in [3.05, 3.63) is 35.1 Å². The SMILES string of the molecule is CC(C)(C)OC(=O)NCC(=Cc1ccc(N)cc1F)B1OC(C)(C)C(C)(C)O1. The van der Waals surface area contributed by atoms with Gasteiger partial charge in [0.1, 0.15) is 11.4 Å². The van der Waals surface area contributed by atoms with Crippen molar-refractivity contribution in [1.82, 2.24) is 5.32 Å². The van der Waals surface area contributed by atoms with Crippen LogP contribution in [0.3, 0.4) is 0 Å². The molecule has 0 aliphatic carbocycles. The molecule has 28 heavy (non-hydrogen) atoms. The van der Waals surface area contributed by atoms with Crippen molar-refractivity contribution in [3.8, 4) is 0 Å². The summed E-state index contributed by atoms with van der Waals surface area (Å²) >= 11 is 0. The number of carbonyl (C=O) groups is 1. The molecule has 0 bridgehead atoms. The number of nitrogens with two attached hydrogens (primary N) is 1. The van der Waals surface area contributed by atoms with E-state index < -0.39 is 35.8 Å². The largest absolute Gasteiger partial charge is 0.492 e. The Balaban J connectivity index is 2.28. The molecule has 1 saturated heterocycles. The van der Waals surface area contributed by atoms with E-state index in [9.17, 15) is 9.18 Å². The molecule has 1 aromatic carbocycles.